The zero-order valence-corrected chi connectivity index (χ0v) is 13.9. The molecule has 2 heterocycles. The molecule has 1 unspecified atom stereocenters. The van der Waals surface area contributed by atoms with Crippen LogP contribution in [0.25, 0.3) is 0 Å². The summed E-state index contributed by atoms with van der Waals surface area (Å²) in [6.45, 7) is 4.68. The minimum Gasteiger partial charge on any atom is -0.396 e. The number of carbonyl (C=O) groups excluding carboxylic acids is 1. The molecule has 0 saturated carbocycles. The molecule has 4 nitrogen and oxygen atoms in total. The molecule has 1 aliphatic rings. The molecule has 1 aromatic heterocycles. The third-order valence-corrected chi connectivity index (χ3v) is 5.89. The van der Waals surface area contributed by atoms with E-state index in [0.29, 0.717) is 18.0 Å². The number of Topliss-reactive ketones (excluding diaryl/α,β-unsaturated/α-hetero) is 1. The summed E-state index contributed by atoms with van der Waals surface area (Å²) in [6, 6.07) is 0. The van der Waals surface area contributed by atoms with Gasteiger partial charge in [-0.2, -0.15) is 0 Å². The first-order valence-electron chi connectivity index (χ1n) is 6.85. The van der Waals surface area contributed by atoms with Crippen LogP contribution in [0.2, 0.25) is 0 Å². The Labute approximate surface area is 128 Å². The molecule has 2 N–H and O–H groups in total. The molecule has 0 amide bonds. The summed E-state index contributed by atoms with van der Waals surface area (Å²) in [5.74, 6) is 0.713. The average Bonchev–Trinajstić information content (AvgIpc) is 3.02. The maximum absolute atomic E-state index is 12.0. The van der Waals surface area contributed by atoms with E-state index in [0.717, 1.165) is 40.9 Å². The Kier molecular flexibility index (Phi) is 5.35. The smallest absolute Gasteiger partial charge is 0.174 e. The van der Waals surface area contributed by atoms with E-state index >= 15 is 0 Å². The third kappa shape index (κ3) is 2.97. The second-order valence-corrected chi connectivity index (χ2v) is 6.83. The lowest BCUT2D eigenvalue weighted by atomic mass is 10.1. The molecule has 0 spiro atoms. The third-order valence-electron chi connectivity index (χ3n) is 3.64. The van der Waals surface area contributed by atoms with E-state index < -0.39 is 0 Å². The van der Waals surface area contributed by atoms with Gasteiger partial charge in [0.2, 0.25) is 0 Å². The van der Waals surface area contributed by atoms with Gasteiger partial charge in [-0.05, 0) is 12.7 Å². The second kappa shape index (κ2) is 6.83. The number of hydrogen-bond acceptors (Lipinski definition) is 6. The molecule has 0 aliphatic carbocycles. The molecule has 1 fully saturated rings. The highest BCUT2D eigenvalue weighted by atomic mass is 32.2. The first-order chi connectivity index (χ1) is 9.62. The molecule has 0 aromatic carbocycles. The van der Waals surface area contributed by atoms with Crippen LogP contribution in [0.15, 0.2) is 4.90 Å². The fraction of sp³-hybridized carbons (Fsp3) is 0.643. The highest BCUT2D eigenvalue weighted by Gasteiger charge is 2.28. The van der Waals surface area contributed by atoms with Gasteiger partial charge in [-0.25, -0.2) is 0 Å². The Morgan fingerprint density at radius 3 is 2.95 bits per heavy atom. The summed E-state index contributed by atoms with van der Waals surface area (Å²) in [5, 5.41) is 1.16. The summed E-state index contributed by atoms with van der Waals surface area (Å²) in [4.78, 5) is 16.1. The van der Waals surface area contributed by atoms with Crippen molar-refractivity contribution in [1.82, 2.24) is 0 Å². The van der Waals surface area contributed by atoms with Gasteiger partial charge in [0.25, 0.3) is 0 Å². The van der Waals surface area contributed by atoms with Crippen molar-refractivity contribution < 1.29 is 9.53 Å². The molecular formula is C14H22N2O2S2. The fourth-order valence-corrected chi connectivity index (χ4v) is 4.80. The molecule has 1 atom stereocenters. The molecule has 1 aromatic rings. The largest absolute Gasteiger partial charge is 0.396 e. The van der Waals surface area contributed by atoms with Crippen LogP contribution in [0.5, 0.6) is 0 Å². The van der Waals surface area contributed by atoms with Crippen LogP contribution in [-0.2, 0) is 4.74 Å². The Bertz CT molecular complexity index is 488. The molecule has 0 bridgehead atoms. The normalized spacial score (nSPS) is 18.8. The highest BCUT2D eigenvalue weighted by molar-refractivity contribution is 7.99. The predicted molar refractivity (Wildman–Crippen MR) is 87.3 cm³/mol. The monoisotopic (exact) mass is 314 g/mol. The van der Waals surface area contributed by atoms with Crippen molar-refractivity contribution in [2.75, 3.05) is 43.7 Å². The molecule has 2 rings (SSSR count). The predicted octanol–water partition coefficient (Wildman–Crippen LogP) is 3.12. The zero-order valence-electron chi connectivity index (χ0n) is 12.3. The number of ketones is 1. The van der Waals surface area contributed by atoms with Crippen molar-refractivity contribution in [3.05, 3.63) is 4.88 Å². The van der Waals surface area contributed by atoms with E-state index in [9.17, 15) is 4.79 Å². The molecule has 0 radical (unpaired) electrons. The molecule has 1 saturated heterocycles. The number of hydrogen-bond donors (Lipinski definition) is 1. The van der Waals surface area contributed by atoms with Gasteiger partial charge in [0.05, 0.1) is 22.1 Å². The van der Waals surface area contributed by atoms with Crippen molar-refractivity contribution in [2.24, 2.45) is 5.92 Å². The lowest BCUT2D eigenvalue weighted by Gasteiger charge is -2.18. The molecule has 112 valence electrons. The Hall–Kier alpha value is -0.720. The molecular weight excluding hydrogens is 292 g/mol. The van der Waals surface area contributed by atoms with Gasteiger partial charge in [-0.3, -0.25) is 4.79 Å². The first-order valence-corrected chi connectivity index (χ1v) is 8.89. The number of rotatable bonds is 6. The van der Waals surface area contributed by atoms with Gasteiger partial charge in [0, 0.05) is 32.5 Å². The number of anilines is 2. The van der Waals surface area contributed by atoms with E-state index in [4.69, 9.17) is 10.5 Å². The van der Waals surface area contributed by atoms with Crippen LogP contribution in [0, 0.1) is 5.92 Å². The minimum atomic E-state index is 0.140. The first kappa shape index (κ1) is 15.7. The van der Waals surface area contributed by atoms with E-state index in [1.165, 1.54) is 0 Å². The van der Waals surface area contributed by atoms with Crippen molar-refractivity contribution in [1.29, 1.82) is 0 Å². The van der Waals surface area contributed by atoms with Gasteiger partial charge in [0.15, 0.2) is 5.78 Å². The molecule has 1 aliphatic heterocycles. The number of nitrogens with zero attached hydrogens (tertiary/aromatic N) is 1. The standard InChI is InChI=1S/C14H22N2O2S2/c1-4-10(17)12-11(15)13(19-3)14(20-12)16-6-5-9(7-16)8-18-2/h9H,4-8,15H2,1-3H3. The van der Waals surface area contributed by atoms with Crippen LogP contribution in [0.4, 0.5) is 10.7 Å². The number of carbonyl (C=O) groups is 1. The van der Waals surface area contributed by atoms with Gasteiger partial charge in [-0.15, -0.1) is 23.1 Å². The second-order valence-electron chi connectivity index (χ2n) is 5.02. The van der Waals surface area contributed by atoms with Crippen LogP contribution in [0.1, 0.15) is 29.4 Å². The number of ether oxygens (including phenoxy) is 1. The Balaban J connectivity index is 2.26. The van der Waals surface area contributed by atoms with E-state index in [1.54, 1.807) is 30.2 Å². The Morgan fingerprint density at radius 1 is 1.60 bits per heavy atom. The van der Waals surface area contributed by atoms with Crippen LogP contribution in [-0.4, -0.2) is 38.8 Å². The van der Waals surface area contributed by atoms with Crippen molar-refractivity contribution in [3.8, 4) is 0 Å². The summed E-state index contributed by atoms with van der Waals surface area (Å²) >= 11 is 3.18. The molecule has 20 heavy (non-hydrogen) atoms. The lowest BCUT2D eigenvalue weighted by Crippen LogP contribution is -2.20. The van der Waals surface area contributed by atoms with Crippen LogP contribution < -0.4 is 10.6 Å². The summed E-state index contributed by atoms with van der Waals surface area (Å²) in [5.41, 5.74) is 6.84. The van der Waals surface area contributed by atoms with Gasteiger partial charge in [0.1, 0.15) is 5.00 Å². The summed E-state index contributed by atoms with van der Waals surface area (Å²) < 4.78 is 5.24. The number of thioether (sulfide) groups is 1. The van der Waals surface area contributed by atoms with Crippen LogP contribution >= 0.6 is 23.1 Å². The van der Waals surface area contributed by atoms with Crippen LogP contribution in [0.3, 0.4) is 0 Å². The van der Waals surface area contributed by atoms with Gasteiger partial charge < -0.3 is 15.4 Å². The number of nitrogen functional groups attached to an aromatic ring is 1. The number of methoxy groups -OCH3 is 1. The minimum absolute atomic E-state index is 0.140. The van der Waals surface area contributed by atoms with E-state index in [-0.39, 0.29) is 5.78 Å². The number of nitrogens with two attached hydrogens (primary N) is 1. The van der Waals surface area contributed by atoms with Crippen molar-refractivity contribution in [2.45, 2.75) is 24.7 Å². The quantitative estimate of drug-likeness (QED) is 0.646. The summed E-state index contributed by atoms with van der Waals surface area (Å²) in [7, 11) is 1.75. The van der Waals surface area contributed by atoms with E-state index in [2.05, 4.69) is 4.90 Å². The molecule has 6 heteroatoms. The Morgan fingerprint density at radius 2 is 2.35 bits per heavy atom. The maximum Gasteiger partial charge on any atom is 0.174 e. The van der Waals surface area contributed by atoms with Crippen molar-refractivity contribution >= 4 is 39.6 Å². The van der Waals surface area contributed by atoms with E-state index in [1.807, 2.05) is 13.2 Å². The average molecular weight is 314 g/mol. The zero-order chi connectivity index (χ0) is 14.7. The maximum atomic E-state index is 12.0. The van der Waals surface area contributed by atoms with Gasteiger partial charge >= 0.3 is 0 Å². The lowest BCUT2D eigenvalue weighted by molar-refractivity contribution is 0.0992. The summed E-state index contributed by atoms with van der Waals surface area (Å²) in [6.07, 6.45) is 3.66. The van der Waals surface area contributed by atoms with Crippen molar-refractivity contribution in [3.63, 3.8) is 0 Å². The SMILES string of the molecule is CCC(=O)c1sc(N2CCC(COC)C2)c(SC)c1N. The highest BCUT2D eigenvalue weighted by Crippen LogP contribution is 2.45. The topological polar surface area (TPSA) is 55.6 Å². The number of thiophene rings is 1. The van der Waals surface area contributed by atoms with Gasteiger partial charge in [-0.1, -0.05) is 6.92 Å². The fourth-order valence-electron chi connectivity index (χ4n) is 2.58.